The summed E-state index contributed by atoms with van der Waals surface area (Å²) in [6, 6.07) is 12.3. The molecule has 0 unspecified atom stereocenters. The van der Waals surface area contributed by atoms with E-state index in [0.29, 0.717) is 35.3 Å². The lowest BCUT2D eigenvalue weighted by Gasteiger charge is -2.11. The molecule has 9 heteroatoms. The highest BCUT2D eigenvalue weighted by Gasteiger charge is 2.21. The topological polar surface area (TPSA) is 102 Å². The average molecular weight is 500 g/mol. The van der Waals surface area contributed by atoms with Crippen LogP contribution in [0.4, 0.5) is 0 Å². The summed E-state index contributed by atoms with van der Waals surface area (Å²) >= 11 is 0. The Kier molecular flexibility index (Phi) is 5.55. The van der Waals surface area contributed by atoms with Gasteiger partial charge in [-0.3, -0.25) is 14.2 Å². The minimum absolute atomic E-state index is 0.0938. The van der Waals surface area contributed by atoms with Gasteiger partial charge in [-0.05, 0) is 62.2 Å². The van der Waals surface area contributed by atoms with Gasteiger partial charge in [0.25, 0.3) is 5.56 Å². The van der Waals surface area contributed by atoms with Crippen LogP contribution in [0.2, 0.25) is 0 Å². The summed E-state index contributed by atoms with van der Waals surface area (Å²) in [4.78, 5) is 42.9. The Bertz CT molecular complexity index is 1650. The lowest BCUT2D eigenvalue weighted by molar-refractivity contribution is 0.0474. The molecular weight excluding hydrogens is 474 g/mol. The fourth-order valence-electron chi connectivity index (χ4n) is 5.05. The van der Waals surface area contributed by atoms with E-state index >= 15 is 0 Å². The van der Waals surface area contributed by atoms with E-state index < -0.39 is 5.97 Å². The van der Waals surface area contributed by atoms with Gasteiger partial charge in [0, 0.05) is 36.5 Å². The van der Waals surface area contributed by atoms with Gasteiger partial charge >= 0.3 is 5.97 Å². The Morgan fingerprint density at radius 2 is 1.89 bits per heavy atom. The number of hydrogen-bond acceptors (Lipinski definition) is 7. The molecule has 37 heavy (non-hydrogen) atoms. The predicted molar refractivity (Wildman–Crippen MR) is 135 cm³/mol. The van der Waals surface area contributed by atoms with Crippen LogP contribution in [-0.2, 0) is 24.2 Å². The maximum Gasteiger partial charge on any atom is 0.338 e. The number of aromatic nitrogens is 3. The fourth-order valence-corrected chi connectivity index (χ4v) is 5.05. The first-order valence-electron chi connectivity index (χ1n) is 12.2. The largest absolute Gasteiger partial charge is 0.454 e. The second kappa shape index (κ2) is 8.92. The maximum absolute atomic E-state index is 13.0. The van der Waals surface area contributed by atoms with E-state index in [2.05, 4.69) is 4.98 Å². The molecule has 0 bridgehead atoms. The third-order valence-corrected chi connectivity index (χ3v) is 7.04. The van der Waals surface area contributed by atoms with Crippen LogP contribution in [-0.4, -0.2) is 39.3 Å². The van der Waals surface area contributed by atoms with Crippen molar-refractivity contribution in [3.63, 3.8) is 0 Å². The summed E-state index contributed by atoms with van der Waals surface area (Å²) in [7, 11) is 0. The van der Waals surface area contributed by atoms with Crippen LogP contribution in [0.15, 0.2) is 47.3 Å². The SMILES string of the molecule is Cc1cc(C(=O)COC(=O)c2ccc3c(=O)n4c(nc3c2)CCC4)c(C)n1Cc1ccc2c(c1)OCO2. The fraction of sp³-hybridized carbons (Fsp3) is 0.286. The second-order valence-corrected chi connectivity index (χ2v) is 9.38. The van der Waals surface area contributed by atoms with Crippen LogP contribution in [0.5, 0.6) is 11.5 Å². The number of fused-ring (bicyclic) bond motifs is 3. The molecule has 4 heterocycles. The van der Waals surface area contributed by atoms with Crippen molar-refractivity contribution in [3.8, 4) is 11.5 Å². The van der Waals surface area contributed by atoms with Crippen LogP contribution >= 0.6 is 0 Å². The molecule has 188 valence electrons. The Balaban J connectivity index is 1.16. The number of hydrogen-bond donors (Lipinski definition) is 0. The van der Waals surface area contributed by atoms with Crippen molar-refractivity contribution in [2.24, 2.45) is 0 Å². The number of carbonyl (C=O) groups is 2. The number of carbonyl (C=O) groups excluding carboxylic acids is 2. The molecule has 2 aliphatic heterocycles. The first kappa shape index (κ1) is 23.0. The molecule has 0 spiro atoms. The molecule has 0 radical (unpaired) electrons. The zero-order chi connectivity index (χ0) is 25.7. The molecule has 2 aromatic heterocycles. The van der Waals surface area contributed by atoms with Gasteiger partial charge in [-0.15, -0.1) is 0 Å². The van der Waals surface area contributed by atoms with Gasteiger partial charge in [0.2, 0.25) is 12.6 Å². The van der Waals surface area contributed by atoms with E-state index in [4.69, 9.17) is 14.2 Å². The van der Waals surface area contributed by atoms with E-state index in [9.17, 15) is 14.4 Å². The van der Waals surface area contributed by atoms with Crippen LogP contribution in [0.25, 0.3) is 10.9 Å². The number of ketones is 1. The zero-order valence-electron chi connectivity index (χ0n) is 20.6. The summed E-state index contributed by atoms with van der Waals surface area (Å²) in [5, 5.41) is 0.466. The van der Waals surface area contributed by atoms with Crippen molar-refractivity contribution in [2.75, 3.05) is 13.4 Å². The van der Waals surface area contributed by atoms with Crippen LogP contribution in [0, 0.1) is 13.8 Å². The molecular formula is C28H25N3O6. The van der Waals surface area contributed by atoms with Gasteiger partial charge in [-0.25, -0.2) is 9.78 Å². The van der Waals surface area contributed by atoms with E-state index in [1.165, 1.54) is 6.07 Å². The van der Waals surface area contributed by atoms with Crippen molar-refractivity contribution >= 4 is 22.7 Å². The standard InChI is InChI=1S/C28H25N3O6/c1-16-10-21(17(2)31(16)13-18-5-8-24-25(11-18)37-15-36-24)23(32)14-35-28(34)19-6-7-20-22(12-19)29-26-4-3-9-30(26)27(20)33/h5-8,10-12H,3-4,9,13-15H2,1-2H3. The molecule has 0 saturated heterocycles. The minimum Gasteiger partial charge on any atom is -0.454 e. The third kappa shape index (κ3) is 4.06. The van der Waals surface area contributed by atoms with Crippen molar-refractivity contribution < 1.29 is 23.8 Å². The molecule has 4 aromatic rings. The Morgan fingerprint density at radius 1 is 1.05 bits per heavy atom. The molecule has 0 aliphatic carbocycles. The lowest BCUT2D eigenvalue weighted by atomic mass is 10.1. The average Bonchev–Trinajstić information content (AvgIpc) is 3.62. The number of Topliss-reactive ketones (excluding diaryl/α,β-unsaturated/α-hetero) is 1. The van der Waals surface area contributed by atoms with Gasteiger partial charge in [0.15, 0.2) is 18.1 Å². The maximum atomic E-state index is 13.0. The number of esters is 1. The Labute approximate surface area is 212 Å². The number of nitrogens with zero attached hydrogens (tertiary/aromatic N) is 3. The van der Waals surface area contributed by atoms with Gasteiger partial charge < -0.3 is 18.8 Å². The Hall–Kier alpha value is -4.40. The second-order valence-electron chi connectivity index (χ2n) is 9.38. The highest BCUT2D eigenvalue weighted by molar-refractivity contribution is 6.01. The van der Waals surface area contributed by atoms with Crippen molar-refractivity contribution in [1.82, 2.24) is 14.1 Å². The summed E-state index contributed by atoms with van der Waals surface area (Å²) in [6.07, 6.45) is 1.62. The highest BCUT2D eigenvalue weighted by Crippen LogP contribution is 2.33. The van der Waals surface area contributed by atoms with Crippen molar-refractivity contribution in [2.45, 2.75) is 39.8 Å². The molecule has 2 aromatic carbocycles. The normalized spacial score (nSPS) is 13.7. The summed E-state index contributed by atoms with van der Waals surface area (Å²) in [6.45, 7) is 4.88. The molecule has 9 nitrogen and oxygen atoms in total. The third-order valence-electron chi connectivity index (χ3n) is 7.04. The zero-order valence-corrected chi connectivity index (χ0v) is 20.6. The van der Waals surface area contributed by atoms with Gasteiger partial charge in [-0.2, -0.15) is 0 Å². The summed E-state index contributed by atoms with van der Waals surface area (Å²) in [5.41, 5.74) is 3.87. The smallest absolute Gasteiger partial charge is 0.338 e. The quantitative estimate of drug-likeness (QED) is 0.295. The first-order chi connectivity index (χ1) is 17.9. The number of ether oxygens (including phenoxy) is 3. The first-order valence-corrected chi connectivity index (χ1v) is 12.2. The van der Waals surface area contributed by atoms with E-state index in [1.54, 1.807) is 16.7 Å². The van der Waals surface area contributed by atoms with E-state index in [-0.39, 0.29) is 30.3 Å². The monoisotopic (exact) mass is 499 g/mol. The van der Waals surface area contributed by atoms with Crippen molar-refractivity contribution in [1.29, 1.82) is 0 Å². The van der Waals surface area contributed by atoms with Gasteiger partial charge in [0.05, 0.1) is 16.5 Å². The van der Waals surface area contributed by atoms with Crippen LogP contribution in [0.1, 0.15) is 49.9 Å². The molecule has 0 fully saturated rings. The summed E-state index contributed by atoms with van der Waals surface area (Å²) in [5.74, 6) is 1.25. The Morgan fingerprint density at radius 3 is 2.76 bits per heavy atom. The summed E-state index contributed by atoms with van der Waals surface area (Å²) < 4.78 is 19.9. The van der Waals surface area contributed by atoms with Gasteiger partial charge in [0.1, 0.15) is 5.82 Å². The van der Waals surface area contributed by atoms with E-state index in [1.807, 2.05) is 42.7 Å². The number of aryl methyl sites for hydroxylation is 2. The number of rotatable bonds is 6. The molecule has 0 atom stereocenters. The van der Waals surface area contributed by atoms with Crippen LogP contribution in [0.3, 0.4) is 0 Å². The predicted octanol–water partition coefficient (Wildman–Crippen LogP) is 3.58. The minimum atomic E-state index is -0.633. The van der Waals surface area contributed by atoms with Gasteiger partial charge in [-0.1, -0.05) is 6.07 Å². The van der Waals surface area contributed by atoms with Crippen molar-refractivity contribution in [3.05, 3.63) is 86.7 Å². The lowest BCUT2D eigenvalue weighted by Crippen LogP contribution is -2.21. The molecule has 0 N–H and O–H groups in total. The molecule has 2 aliphatic rings. The number of benzene rings is 2. The molecule has 0 amide bonds. The molecule has 6 rings (SSSR count). The van der Waals surface area contributed by atoms with Crippen LogP contribution < -0.4 is 15.0 Å². The highest BCUT2D eigenvalue weighted by atomic mass is 16.7. The van der Waals surface area contributed by atoms with E-state index in [0.717, 1.165) is 41.4 Å². The molecule has 0 saturated carbocycles.